The molecule has 3 aromatic heterocycles. The van der Waals surface area contributed by atoms with Crippen LogP contribution in [0.25, 0.3) is 22.2 Å². The number of aromatic nitrogens is 5. The van der Waals surface area contributed by atoms with Crippen molar-refractivity contribution in [2.75, 3.05) is 24.5 Å². The number of anilines is 1. The number of rotatable bonds is 5. The predicted molar refractivity (Wildman–Crippen MR) is 140 cm³/mol. The van der Waals surface area contributed by atoms with E-state index in [0.717, 1.165) is 60.6 Å². The molecule has 4 N–H and O–H groups in total. The van der Waals surface area contributed by atoms with Gasteiger partial charge in [-0.25, -0.2) is 9.97 Å². The Balaban J connectivity index is 1.21. The van der Waals surface area contributed by atoms with Gasteiger partial charge in [-0.05, 0) is 50.4 Å². The summed E-state index contributed by atoms with van der Waals surface area (Å²) in [6, 6.07) is 5.58. The molecule has 2 saturated heterocycles. The number of hydrogen-bond acceptors (Lipinski definition) is 8. The summed E-state index contributed by atoms with van der Waals surface area (Å²) in [5.74, 6) is 1.31. The lowest BCUT2D eigenvalue weighted by molar-refractivity contribution is 0.214. The molecule has 1 spiro atoms. The number of nitrogens with zero attached hydrogens (tertiary/aromatic N) is 5. The van der Waals surface area contributed by atoms with E-state index in [9.17, 15) is 0 Å². The van der Waals surface area contributed by atoms with Gasteiger partial charge in [-0.15, -0.1) is 0 Å². The highest BCUT2D eigenvalue weighted by atomic mass is 35.5. The first-order chi connectivity index (χ1) is 17.5. The van der Waals surface area contributed by atoms with Gasteiger partial charge in [0.05, 0.1) is 15.6 Å². The first-order valence-electron chi connectivity index (χ1n) is 12.0. The van der Waals surface area contributed by atoms with Crippen LogP contribution in [0, 0.1) is 0 Å². The van der Waals surface area contributed by atoms with Crippen molar-refractivity contribution in [3.8, 4) is 17.0 Å². The molecule has 186 valence electrons. The number of hydrogen-bond donors (Lipinski definition) is 3. The van der Waals surface area contributed by atoms with E-state index in [1.807, 2.05) is 30.6 Å². The van der Waals surface area contributed by atoms with Gasteiger partial charge in [0.15, 0.2) is 6.23 Å². The predicted octanol–water partition coefficient (Wildman–Crippen LogP) is 4.48. The molecule has 0 bridgehead atoms. The normalized spacial score (nSPS) is 18.1. The summed E-state index contributed by atoms with van der Waals surface area (Å²) in [5.41, 5.74) is 9.47. The average molecular weight is 525 g/mol. The van der Waals surface area contributed by atoms with Gasteiger partial charge in [0.25, 0.3) is 0 Å². The number of piperidine rings is 1. The van der Waals surface area contributed by atoms with Crippen molar-refractivity contribution in [3.05, 3.63) is 58.6 Å². The number of H-pyrrole nitrogens is 1. The molecule has 0 amide bonds. The molecule has 36 heavy (non-hydrogen) atoms. The molecule has 9 nitrogen and oxygen atoms in total. The van der Waals surface area contributed by atoms with E-state index in [-0.39, 0.29) is 0 Å². The summed E-state index contributed by atoms with van der Waals surface area (Å²) in [6.07, 6.45) is 10.6. The Labute approximate surface area is 218 Å². The van der Waals surface area contributed by atoms with E-state index in [2.05, 4.69) is 35.4 Å². The molecule has 2 fully saturated rings. The van der Waals surface area contributed by atoms with Gasteiger partial charge >= 0.3 is 0 Å². The fourth-order valence-corrected chi connectivity index (χ4v) is 5.80. The van der Waals surface area contributed by atoms with Crippen LogP contribution in [0.15, 0.2) is 43.0 Å². The Morgan fingerprint density at radius 1 is 1.03 bits per heavy atom. The van der Waals surface area contributed by atoms with Crippen LogP contribution in [0.5, 0.6) is 5.75 Å². The minimum absolute atomic E-state index is 0.320. The van der Waals surface area contributed by atoms with Crippen LogP contribution in [0.4, 0.5) is 5.95 Å². The minimum Gasteiger partial charge on any atom is -0.471 e. The summed E-state index contributed by atoms with van der Waals surface area (Å²) in [4.78, 5) is 15.6. The first kappa shape index (κ1) is 23.4. The first-order valence-corrected chi connectivity index (χ1v) is 12.8. The number of fused-ring (bicyclic) bond motifs is 1. The lowest BCUT2D eigenvalue weighted by atomic mass is 9.86. The second-order valence-electron chi connectivity index (χ2n) is 9.40. The number of benzene rings is 1. The van der Waals surface area contributed by atoms with Gasteiger partial charge in [0.2, 0.25) is 5.95 Å². The Morgan fingerprint density at radius 2 is 1.78 bits per heavy atom. The zero-order valence-corrected chi connectivity index (χ0v) is 21.1. The van der Waals surface area contributed by atoms with Crippen molar-refractivity contribution < 1.29 is 4.74 Å². The fourth-order valence-electron chi connectivity index (χ4n) is 5.22. The number of nitrogens with two attached hydrogens (primary N) is 1. The van der Waals surface area contributed by atoms with E-state index in [0.29, 0.717) is 26.9 Å². The second-order valence-corrected chi connectivity index (χ2v) is 10.2. The topological polar surface area (TPSA) is 118 Å². The standard InChI is InChI=1S/C25H26Cl2N8O/c26-18-13-29-14-19(27)21(18)23(28)36-16-2-3-20-17(10-16)22(34-33-20)15-11-30-24(31-12-15)35-8-5-25(6-9-35)4-1-7-32-25/h2-3,10-14,23,32H,1,4-9,28H2,(H,33,34)/t23-/m0/s1. The van der Waals surface area contributed by atoms with Crippen molar-refractivity contribution in [2.45, 2.75) is 37.5 Å². The quantitative estimate of drug-likeness (QED) is 0.327. The van der Waals surface area contributed by atoms with Gasteiger partial charge in [0.1, 0.15) is 11.4 Å². The van der Waals surface area contributed by atoms with E-state index < -0.39 is 6.23 Å². The third-order valence-corrected chi connectivity index (χ3v) is 7.82. The maximum absolute atomic E-state index is 6.25. The van der Waals surface area contributed by atoms with Crippen molar-refractivity contribution >= 4 is 40.1 Å². The van der Waals surface area contributed by atoms with E-state index in [1.165, 1.54) is 25.2 Å². The van der Waals surface area contributed by atoms with Crippen molar-refractivity contribution in [3.63, 3.8) is 0 Å². The Bertz CT molecular complexity index is 1360. The summed E-state index contributed by atoms with van der Waals surface area (Å²) in [5, 5.41) is 12.8. The van der Waals surface area contributed by atoms with E-state index in [4.69, 9.17) is 33.7 Å². The van der Waals surface area contributed by atoms with Crippen molar-refractivity contribution in [1.29, 1.82) is 0 Å². The number of ether oxygens (including phenoxy) is 1. The van der Waals surface area contributed by atoms with Crippen LogP contribution in [0.3, 0.4) is 0 Å². The molecule has 0 aliphatic carbocycles. The molecule has 1 aromatic carbocycles. The maximum Gasteiger partial charge on any atom is 0.225 e. The lowest BCUT2D eigenvalue weighted by Gasteiger charge is -2.39. The third kappa shape index (κ3) is 4.37. The minimum atomic E-state index is -0.855. The van der Waals surface area contributed by atoms with E-state index >= 15 is 0 Å². The van der Waals surface area contributed by atoms with Crippen LogP contribution in [-0.2, 0) is 0 Å². The summed E-state index contributed by atoms with van der Waals surface area (Å²) >= 11 is 12.5. The lowest BCUT2D eigenvalue weighted by Crippen LogP contribution is -2.50. The van der Waals surface area contributed by atoms with Gasteiger partial charge in [-0.2, -0.15) is 5.10 Å². The van der Waals surface area contributed by atoms with Crippen LogP contribution < -0.4 is 20.7 Å². The molecule has 6 rings (SSSR count). The monoisotopic (exact) mass is 524 g/mol. The summed E-state index contributed by atoms with van der Waals surface area (Å²) in [7, 11) is 0. The molecule has 5 heterocycles. The second kappa shape index (κ2) is 9.48. The zero-order valence-electron chi connectivity index (χ0n) is 19.5. The maximum atomic E-state index is 6.25. The van der Waals surface area contributed by atoms with Crippen LogP contribution in [-0.4, -0.2) is 50.3 Å². The number of halogens is 2. The molecule has 2 aliphatic heterocycles. The summed E-state index contributed by atoms with van der Waals surface area (Å²) < 4.78 is 5.96. The van der Waals surface area contributed by atoms with E-state index in [1.54, 1.807) is 0 Å². The average Bonchev–Trinajstić information content (AvgIpc) is 3.52. The molecule has 1 atom stereocenters. The molecule has 0 saturated carbocycles. The largest absolute Gasteiger partial charge is 0.471 e. The van der Waals surface area contributed by atoms with Gasteiger partial charge in [-0.3, -0.25) is 15.8 Å². The van der Waals surface area contributed by atoms with Crippen LogP contribution in [0.2, 0.25) is 10.0 Å². The van der Waals surface area contributed by atoms with Crippen LogP contribution >= 0.6 is 23.2 Å². The van der Waals surface area contributed by atoms with Crippen molar-refractivity contribution in [2.24, 2.45) is 5.73 Å². The third-order valence-electron chi connectivity index (χ3n) is 7.22. The highest BCUT2D eigenvalue weighted by Gasteiger charge is 2.37. The molecule has 11 heteroatoms. The van der Waals surface area contributed by atoms with Gasteiger partial charge in [0, 0.05) is 59.9 Å². The molecule has 4 aromatic rings. The summed E-state index contributed by atoms with van der Waals surface area (Å²) in [6.45, 7) is 3.06. The van der Waals surface area contributed by atoms with Gasteiger partial charge < -0.3 is 15.0 Å². The van der Waals surface area contributed by atoms with Crippen LogP contribution in [0.1, 0.15) is 37.5 Å². The molecule has 0 unspecified atom stereocenters. The molecular weight excluding hydrogens is 499 g/mol. The molecule has 2 aliphatic rings. The SMILES string of the molecule is N[C@@H](Oc1ccc2[nH]nc(-c3cnc(N4CCC5(CCCN5)CC4)nc3)c2c1)c1c(Cl)cncc1Cl. The smallest absolute Gasteiger partial charge is 0.225 e. The Kier molecular flexibility index (Phi) is 6.17. The highest BCUT2D eigenvalue weighted by molar-refractivity contribution is 6.35. The zero-order chi connectivity index (χ0) is 24.7. The molecular formula is C25H26Cl2N8O. The Hall–Kier alpha value is -2.98. The Morgan fingerprint density at radius 3 is 2.47 bits per heavy atom. The number of pyridine rings is 1. The van der Waals surface area contributed by atoms with Crippen molar-refractivity contribution in [1.82, 2.24) is 30.5 Å². The number of aromatic amines is 1. The fraction of sp³-hybridized carbons (Fsp3) is 0.360. The highest BCUT2D eigenvalue weighted by Crippen LogP contribution is 2.34. The number of nitrogens with one attached hydrogen (secondary N) is 2. The molecule has 0 radical (unpaired) electrons. The van der Waals surface area contributed by atoms with Gasteiger partial charge in [-0.1, -0.05) is 23.2 Å².